The van der Waals surface area contributed by atoms with Gasteiger partial charge in [0.05, 0.1) is 14.2 Å². The molecule has 2 heterocycles. The van der Waals surface area contributed by atoms with Crippen molar-refractivity contribution in [1.29, 1.82) is 0 Å². The van der Waals surface area contributed by atoms with E-state index < -0.39 is 0 Å². The SMILES string of the molecule is COc1ccc(OC)c2sc(N3C(=O)/C(=C\C=C\c4ccccc4)N=C3c3ccccc3)nc12. The fourth-order valence-electron chi connectivity index (χ4n) is 3.67. The summed E-state index contributed by atoms with van der Waals surface area (Å²) in [5.41, 5.74) is 2.84. The lowest BCUT2D eigenvalue weighted by Crippen LogP contribution is -2.32. The van der Waals surface area contributed by atoms with Crippen LogP contribution in [-0.4, -0.2) is 30.9 Å². The van der Waals surface area contributed by atoms with Crippen molar-refractivity contribution in [3.05, 3.63) is 102 Å². The second kappa shape index (κ2) is 9.33. The van der Waals surface area contributed by atoms with E-state index in [1.807, 2.05) is 84.9 Å². The summed E-state index contributed by atoms with van der Waals surface area (Å²) in [5, 5.41) is 0.501. The number of aliphatic imine (C=N–C) groups is 1. The second-order valence-corrected chi connectivity index (χ2v) is 8.39. The number of carbonyl (C=O) groups excluding carboxylic acids is 1. The molecule has 0 N–H and O–H groups in total. The van der Waals surface area contributed by atoms with Crippen LogP contribution in [0.2, 0.25) is 0 Å². The van der Waals surface area contributed by atoms with Gasteiger partial charge in [0.25, 0.3) is 5.91 Å². The standard InChI is InChI=1S/C27H21N3O3S/c1-32-21-16-17-22(33-2)24-23(21)29-27(34-24)30-25(19-13-7-4-8-14-19)28-20(26(30)31)15-9-12-18-10-5-3-6-11-18/h3-17H,1-2H3/b12-9+,20-15+. The van der Waals surface area contributed by atoms with E-state index in [9.17, 15) is 4.79 Å². The van der Waals surface area contributed by atoms with Gasteiger partial charge in [0.1, 0.15) is 33.2 Å². The molecule has 1 aliphatic heterocycles. The average Bonchev–Trinajstić information content (AvgIpc) is 3.46. The second-order valence-electron chi connectivity index (χ2n) is 7.41. The minimum atomic E-state index is -0.242. The van der Waals surface area contributed by atoms with Crippen LogP contribution in [-0.2, 0) is 4.79 Å². The van der Waals surface area contributed by atoms with E-state index in [0.29, 0.717) is 33.7 Å². The zero-order valence-corrected chi connectivity index (χ0v) is 19.5. The van der Waals surface area contributed by atoms with E-state index >= 15 is 0 Å². The number of aromatic nitrogens is 1. The lowest BCUT2D eigenvalue weighted by molar-refractivity contribution is -0.113. The van der Waals surface area contributed by atoms with Crippen LogP contribution in [0.1, 0.15) is 11.1 Å². The van der Waals surface area contributed by atoms with Crippen molar-refractivity contribution in [1.82, 2.24) is 4.98 Å². The van der Waals surface area contributed by atoms with Gasteiger partial charge in [-0.05, 0) is 23.8 Å². The number of amides is 1. The normalized spacial score (nSPS) is 14.9. The molecule has 0 atom stereocenters. The minimum absolute atomic E-state index is 0.242. The number of hydrogen-bond donors (Lipinski definition) is 0. The Bertz CT molecular complexity index is 1400. The summed E-state index contributed by atoms with van der Waals surface area (Å²) in [5.74, 6) is 1.58. The number of rotatable bonds is 6. The number of ether oxygens (including phenoxy) is 2. The summed E-state index contributed by atoms with van der Waals surface area (Å²) in [6.45, 7) is 0. The Morgan fingerprint density at radius 2 is 1.56 bits per heavy atom. The zero-order valence-electron chi connectivity index (χ0n) is 18.6. The lowest BCUT2D eigenvalue weighted by atomic mass is 10.2. The molecular weight excluding hydrogens is 446 g/mol. The number of carbonyl (C=O) groups is 1. The highest BCUT2D eigenvalue weighted by molar-refractivity contribution is 7.23. The lowest BCUT2D eigenvalue weighted by Gasteiger charge is -2.14. The zero-order chi connectivity index (χ0) is 23.5. The van der Waals surface area contributed by atoms with Gasteiger partial charge < -0.3 is 9.47 Å². The van der Waals surface area contributed by atoms with Crippen molar-refractivity contribution in [3.63, 3.8) is 0 Å². The minimum Gasteiger partial charge on any atom is -0.495 e. The third kappa shape index (κ3) is 3.97. The molecule has 7 heteroatoms. The van der Waals surface area contributed by atoms with Gasteiger partial charge in [0.15, 0.2) is 5.13 Å². The van der Waals surface area contributed by atoms with E-state index in [1.54, 1.807) is 25.2 Å². The number of thiazole rings is 1. The third-order valence-corrected chi connectivity index (χ3v) is 6.38. The van der Waals surface area contributed by atoms with Crippen LogP contribution >= 0.6 is 11.3 Å². The smallest absolute Gasteiger partial charge is 0.284 e. The number of benzene rings is 3. The van der Waals surface area contributed by atoms with Crippen LogP contribution in [0.25, 0.3) is 16.3 Å². The van der Waals surface area contributed by atoms with Crippen LogP contribution in [0.3, 0.4) is 0 Å². The molecule has 0 unspecified atom stereocenters. The summed E-state index contributed by atoms with van der Waals surface area (Å²) in [4.78, 5) is 24.5. The molecule has 0 radical (unpaired) electrons. The molecule has 6 nitrogen and oxygen atoms in total. The highest BCUT2D eigenvalue weighted by Gasteiger charge is 2.35. The predicted octanol–water partition coefficient (Wildman–Crippen LogP) is 5.70. The molecule has 4 aromatic rings. The fraction of sp³-hybridized carbons (Fsp3) is 0.0741. The fourth-order valence-corrected chi connectivity index (χ4v) is 4.75. The molecule has 0 aliphatic carbocycles. The highest BCUT2D eigenvalue weighted by atomic mass is 32.1. The predicted molar refractivity (Wildman–Crippen MR) is 137 cm³/mol. The maximum absolute atomic E-state index is 13.5. The van der Waals surface area contributed by atoms with Gasteiger partial charge in [-0.3, -0.25) is 4.79 Å². The van der Waals surface area contributed by atoms with E-state index in [0.717, 1.165) is 15.8 Å². The molecule has 0 spiro atoms. The van der Waals surface area contributed by atoms with Gasteiger partial charge in [-0.25, -0.2) is 14.9 Å². The van der Waals surface area contributed by atoms with Crippen LogP contribution in [0.5, 0.6) is 11.5 Å². The molecule has 1 aliphatic rings. The van der Waals surface area contributed by atoms with Crippen molar-refractivity contribution in [3.8, 4) is 11.5 Å². The van der Waals surface area contributed by atoms with Gasteiger partial charge in [-0.15, -0.1) is 0 Å². The summed E-state index contributed by atoms with van der Waals surface area (Å²) < 4.78 is 11.8. The van der Waals surface area contributed by atoms with Crippen LogP contribution in [0, 0.1) is 0 Å². The van der Waals surface area contributed by atoms with Crippen molar-refractivity contribution >= 4 is 44.5 Å². The largest absolute Gasteiger partial charge is 0.495 e. The number of methoxy groups -OCH3 is 2. The van der Waals surface area contributed by atoms with E-state index in [2.05, 4.69) is 0 Å². The molecule has 0 bridgehead atoms. The molecule has 168 valence electrons. The molecule has 0 saturated carbocycles. The van der Waals surface area contributed by atoms with Crippen LogP contribution < -0.4 is 14.4 Å². The highest BCUT2D eigenvalue weighted by Crippen LogP contribution is 2.41. The topological polar surface area (TPSA) is 64.0 Å². The van der Waals surface area contributed by atoms with Gasteiger partial charge in [0.2, 0.25) is 0 Å². The van der Waals surface area contributed by atoms with Crippen LogP contribution in [0.4, 0.5) is 5.13 Å². The van der Waals surface area contributed by atoms with Crippen molar-refractivity contribution in [2.45, 2.75) is 0 Å². The molecule has 0 saturated heterocycles. The molecule has 1 aromatic heterocycles. The summed E-state index contributed by atoms with van der Waals surface area (Å²) >= 11 is 1.36. The first-order valence-corrected chi connectivity index (χ1v) is 11.4. The average molecular weight is 468 g/mol. The molecule has 34 heavy (non-hydrogen) atoms. The van der Waals surface area contributed by atoms with Crippen LogP contribution in [0.15, 0.2) is 95.6 Å². The Labute approximate surface area is 201 Å². The van der Waals surface area contributed by atoms with Gasteiger partial charge in [-0.2, -0.15) is 0 Å². The Morgan fingerprint density at radius 1 is 0.882 bits per heavy atom. The maximum Gasteiger partial charge on any atom is 0.284 e. The summed E-state index contributed by atoms with van der Waals surface area (Å²) in [7, 11) is 3.20. The first-order valence-electron chi connectivity index (χ1n) is 10.6. The Balaban J connectivity index is 1.60. The maximum atomic E-state index is 13.5. The number of amidine groups is 1. The van der Waals surface area contributed by atoms with Crippen molar-refractivity contribution in [2.24, 2.45) is 4.99 Å². The first-order chi connectivity index (χ1) is 16.7. The Hall–Kier alpha value is -4.23. The monoisotopic (exact) mass is 467 g/mol. The van der Waals surface area contributed by atoms with Crippen molar-refractivity contribution in [2.75, 3.05) is 19.1 Å². The Morgan fingerprint density at radius 3 is 2.26 bits per heavy atom. The molecular formula is C27H21N3O3S. The number of hydrogen-bond acceptors (Lipinski definition) is 6. The first kappa shape index (κ1) is 21.6. The van der Waals surface area contributed by atoms with E-state index in [1.165, 1.54) is 11.3 Å². The molecule has 1 amide bonds. The molecule has 0 fully saturated rings. The number of allylic oxidation sites excluding steroid dienone is 2. The number of anilines is 1. The Kier molecular flexibility index (Phi) is 5.93. The quantitative estimate of drug-likeness (QED) is 0.341. The molecule has 3 aromatic carbocycles. The number of nitrogens with zero attached hydrogens (tertiary/aromatic N) is 3. The van der Waals surface area contributed by atoms with E-state index in [4.69, 9.17) is 19.5 Å². The number of fused-ring (bicyclic) bond motifs is 1. The van der Waals surface area contributed by atoms with Crippen molar-refractivity contribution < 1.29 is 14.3 Å². The van der Waals surface area contributed by atoms with Gasteiger partial charge in [0, 0.05) is 5.56 Å². The third-order valence-electron chi connectivity index (χ3n) is 5.32. The summed E-state index contributed by atoms with van der Waals surface area (Å²) in [6.07, 6.45) is 5.50. The molecule has 5 rings (SSSR count). The van der Waals surface area contributed by atoms with Gasteiger partial charge >= 0.3 is 0 Å². The van der Waals surface area contributed by atoms with Gasteiger partial charge in [-0.1, -0.05) is 84.2 Å². The summed E-state index contributed by atoms with van der Waals surface area (Å²) in [6, 6.07) is 23.2. The van der Waals surface area contributed by atoms with E-state index in [-0.39, 0.29) is 5.91 Å².